The first-order valence-electron chi connectivity index (χ1n) is 9.88. The number of esters is 3. The number of ether oxygens (including phenoxy) is 3. The molecule has 0 amide bonds. The molecule has 32 heavy (non-hydrogen) atoms. The summed E-state index contributed by atoms with van der Waals surface area (Å²) in [6.07, 6.45) is 5.33. The van der Waals surface area contributed by atoms with Crippen LogP contribution in [0.25, 0.3) is 0 Å². The van der Waals surface area contributed by atoms with Gasteiger partial charge in [-0.15, -0.1) is 0 Å². The molecule has 2 heterocycles. The Kier molecular flexibility index (Phi) is 7.56. The number of methoxy groups -OCH3 is 2. The van der Waals surface area contributed by atoms with Crippen molar-refractivity contribution in [3.8, 4) is 0 Å². The number of anilines is 1. The second-order valence-electron chi connectivity index (χ2n) is 6.80. The quantitative estimate of drug-likeness (QED) is 0.359. The van der Waals surface area contributed by atoms with Crippen molar-refractivity contribution in [2.75, 3.05) is 26.1 Å². The van der Waals surface area contributed by atoms with E-state index < -0.39 is 38.9 Å². The number of rotatable bonds is 6. The number of fused-ring (bicyclic) bond motifs is 1. The Hall–Kier alpha value is -3.29. The topological polar surface area (TPSA) is 94.2 Å². The molecular weight excluding hydrogens is 479 g/mol. The van der Waals surface area contributed by atoms with E-state index in [1.165, 1.54) is 14.2 Å². The second-order valence-corrected chi connectivity index (χ2v) is 8.94. The van der Waals surface area contributed by atoms with Gasteiger partial charge in [0, 0.05) is 0 Å². The van der Waals surface area contributed by atoms with Crippen molar-refractivity contribution in [1.82, 2.24) is 4.90 Å². The van der Waals surface area contributed by atoms with Gasteiger partial charge in [-0.05, 0) is 0 Å². The monoisotopic (exact) mass is 504 g/mol. The molecule has 1 N–H and O–H groups in total. The summed E-state index contributed by atoms with van der Waals surface area (Å²) in [5.74, 6) is -1.88. The minimum absolute atomic E-state index is 0.131. The zero-order valence-electron chi connectivity index (χ0n) is 18.2. The van der Waals surface area contributed by atoms with Crippen LogP contribution in [0.1, 0.15) is 13.8 Å². The van der Waals surface area contributed by atoms with Crippen LogP contribution in [-0.2, 0) is 28.6 Å². The number of nitrogens with one attached hydrogen (secondary N) is 1. The van der Waals surface area contributed by atoms with Gasteiger partial charge in [0.15, 0.2) is 0 Å². The van der Waals surface area contributed by atoms with Crippen LogP contribution < -0.4 is 5.32 Å². The molecule has 0 bridgehead atoms. The number of allylic oxidation sites excluding steroid dienone is 2. The first-order valence-corrected chi connectivity index (χ1v) is 11.6. The molecule has 1 aromatic carbocycles. The van der Waals surface area contributed by atoms with Gasteiger partial charge in [-0.1, -0.05) is 0 Å². The summed E-state index contributed by atoms with van der Waals surface area (Å²) in [5, 5.41) is 3.26. The Bertz CT molecular complexity index is 1040. The summed E-state index contributed by atoms with van der Waals surface area (Å²) < 4.78 is 16.0. The van der Waals surface area contributed by atoms with E-state index in [1.54, 1.807) is 24.1 Å². The van der Waals surface area contributed by atoms with E-state index in [0.29, 0.717) is 4.60 Å². The average Bonchev–Trinajstić information content (AvgIpc) is 2.93. The molecule has 1 aromatic rings. The van der Waals surface area contributed by atoms with Gasteiger partial charge in [-0.3, -0.25) is 0 Å². The molecule has 0 radical (unpaired) electrons. The van der Waals surface area contributed by atoms with Crippen LogP contribution in [0.4, 0.5) is 5.69 Å². The van der Waals surface area contributed by atoms with Gasteiger partial charge in [0.25, 0.3) is 0 Å². The van der Waals surface area contributed by atoms with Crippen molar-refractivity contribution in [2.24, 2.45) is 0 Å². The maximum absolute atomic E-state index is 13.1. The number of hydrogen-bond acceptors (Lipinski definition) is 8. The Labute approximate surface area is 192 Å². The number of carbonyl (C=O) groups excluding carboxylic acids is 3. The average molecular weight is 503 g/mol. The Balaban J connectivity index is 2.29. The number of hydrogen-bond donors (Lipinski definition) is 1. The Morgan fingerprint density at radius 2 is 1.75 bits per heavy atom. The van der Waals surface area contributed by atoms with Gasteiger partial charge < -0.3 is 0 Å². The summed E-state index contributed by atoms with van der Waals surface area (Å²) in [6.45, 7) is 3.77. The molecule has 0 fully saturated rings. The van der Waals surface area contributed by atoms with Crippen LogP contribution in [0.5, 0.6) is 0 Å². The molecule has 8 nitrogen and oxygen atoms in total. The van der Waals surface area contributed by atoms with Crippen LogP contribution in [-0.4, -0.2) is 64.6 Å². The molecule has 2 aliphatic heterocycles. The molecule has 1 atom stereocenters. The fraction of sp³-hybridized carbons (Fsp3) is 0.261. The summed E-state index contributed by atoms with van der Waals surface area (Å²) >= 11 is -0.804. The zero-order chi connectivity index (χ0) is 23.3. The van der Waals surface area contributed by atoms with Crippen molar-refractivity contribution in [3.05, 3.63) is 74.6 Å². The van der Waals surface area contributed by atoms with Gasteiger partial charge >= 0.3 is 193 Å². The standard InChI is InChI=1S/C23H24N2O6Se/c1-5-31-22(27)18-20(24-15-9-7-6-8-10-15)32-19(23(28)30-4)17(21(26)29-3)16-12-11-14(2)13-25(16)18/h6-13,16,24H,5H2,1-4H3. The van der Waals surface area contributed by atoms with Crippen LogP contribution in [0.15, 0.2) is 74.6 Å². The van der Waals surface area contributed by atoms with E-state index in [9.17, 15) is 14.4 Å². The first kappa shape index (κ1) is 23.4. The van der Waals surface area contributed by atoms with Crippen LogP contribution in [0.2, 0.25) is 0 Å². The van der Waals surface area contributed by atoms with Gasteiger partial charge in [0.05, 0.1) is 0 Å². The van der Waals surface area contributed by atoms with Crippen molar-refractivity contribution < 1.29 is 28.6 Å². The van der Waals surface area contributed by atoms with E-state index >= 15 is 0 Å². The molecular formula is C23H24N2O6Se. The van der Waals surface area contributed by atoms with Gasteiger partial charge in [0.2, 0.25) is 0 Å². The van der Waals surface area contributed by atoms with Gasteiger partial charge in [0.1, 0.15) is 0 Å². The molecule has 0 aliphatic carbocycles. The van der Waals surface area contributed by atoms with Crippen LogP contribution in [0, 0.1) is 0 Å². The molecule has 3 rings (SSSR count). The third-order valence-corrected chi connectivity index (χ3v) is 6.97. The number of benzene rings is 1. The molecule has 0 saturated carbocycles. The Morgan fingerprint density at radius 3 is 2.38 bits per heavy atom. The molecule has 0 spiro atoms. The fourth-order valence-corrected chi connectivity index (χ4v) is 5.67. The van der Waals surface area contributed by atoms with Crippen molar-refractivity contribution in [2.45, 2.75) is 19.9 Å². The molecule has 9 heteroatoms. The summed E-state index contributed by atoms with van der Waals surface area (Å²) in [6, 6.07) is 8.52. The Morgan fingerprint density at radius 1 is 1.06 bits per heavy atom. The third-order valence-electron chi connectivity index (χ3n) is 4.68. The van der Waals surface area contributed by atoms with Gasteiger partial charge in [-0.2, -0.15) is 0 Å². The van der Waals surface area contributed by atoms with E-state index in [-0.39, 0.29) is 22.3 Å². The maximum atomic E-state index is 13.1. The number of carbonyl (C=O) groups is 3. The minimum atomic E-state index is -0.804. The molecule has 2 aliphatic rings. The number of nitrogens with zero attached hydrogens (tertiary/aromatic N) is 1. The predicted molar refractivity (Wildman–Crippen MR) is 119 cm³/mol. The normalized spacial score (nSPS) is 17.8. The zero-order valence-corrected chi connectivity index (χ0v) is 19.9. The van der Waals surface area contributed by atoms with Crippen LogP contribution in [0.3, 0.4) is 0 Å². The van der Waals surface area contributed by atoms with Gasteiger partial charge in [-0.25, -0.2) is 0 Å². The van der Waals surface area contributed by atoms with E-state index in [4.69, 9.17) is 14.2 Å². The van der Waals surface area contributed by atoms with E-state index in [2.05, 4.69) is 5.32 Å². The first-order chi connectivity index (χ1) is 15.4. The molecule has 1 unspecified atom stereocenters. The second kappa shape index (κ2) is 10.3. The summed E-state index contributed by atoms with van der Waals surface area (Å²) in [4.78, 5) is 40.4. The molecule has 0 saturated heterocycles. The van der Waals surface area contributed by atoms with Crippen molar-refractivity contribution in [3.63, 3.8) is 0 Å². The molecule has 168 valence electrons. The van der Waals surface area contributed by atoms with Crippen molar-refractivity contribution >= 4 is 38.6 Å². The summed E-state index contributed by atoms with van der Waals surface area (Å²) in [7, 11) is 2.51. The van der Waals surface area contributed by atoms with Crippen molar-refractivity contribution in [1.29, 1.82) is 0 Å². The van der Waals surface area contributed by atoms with Crippen LogP contribution >= 0.6 is 0 Å². The third kappa shape index (κ3) is 4.79. The number of para-hydroxylation sites is 1. The summed E-state index contributed by atoms with van der Waals surface area (Å²) in [5.41, 5.74) is 1.94. The predicted octanol–water partition coefficient (Wildman–Crippen LogP) is 2.29. The molecule has 0 aromatic heterocycles. The van der Waals surface area contributed by atoms with E-state index in [1.807, 2.05) is 43.3 Å². The SMILES string of the molecule is CCOC(=O)C1=C(Nc2ccccc2)[Se]C(C(=O)OC)=C(C(=O)OC)C2C=CC(C)=CN12. The van der Waals surface area contributed by atoms with E-state index in [0.717, 1.165) is 11.3 Å². The fourth-order valence-electron chi connectivity index (χ4n) is 3.28.